The minimum atomic E-state index is -0.244. The van der Waals surface area contributed by atoms with Crippen LogP contribution in [0.5, 0.6) is 0 Å². The van der Waals surface area contributed by atoms with Gasteiger partial charge in [0, 0.05) is 18.1 Å². The van der Waals surface area contributed by atoms with Crippen LogP contribution in [0, 0.1) is 10.8 Å². The van der Waals surface area contributed by atoms with Gasteiger partial charge in [-0.1, -0.05) is 27.7 Å². The summed E-state index contributed by atoms with van der Waals surface area (Å²) in [4.78, 5) is 11.2. The Balaban J connectivity index is 2.97. The number of alkyl halides is 1. The molecule has 16 heavy (non-hydrogen) atoms. The predicted molar refractivity (Wildman–Crippen MR) is 70.1 cm³/mol. The summed E-state index contributed by atoms with van der Waals surface area (Å²) in [6.07, 6.45) is -0.211. The highest BCUT2D eigenvalue weighted by molar-refractivity contribution is 7.99. The molecule has 0 aliphatic carbocycles. The van der Waals surface area contributed by atoms with Crippen molar-refractivity contribution in [3.63, 3.8) is 0 Å². The first-order valence-corrected chi connectivity index (χ1v) is 7.15. The van der Waals surface area contributed by atoms with E-state index in [0.29, 0.717) is 0 Å². The van der Waals surface area contributed by atoms with Crippen LogP contribution in [0.1, 0.15) is 34.6 Å². The van der Waals surface area contributed by atoms with E-state index >= 15 is 0 Å². The first kappa shape index (κ1) is 14.2. The van der Waals surface area contributed by atoms with Crippen LogP contribution in [-0.2, 0) is 9.53 Å². The number of carbonyl (C=O) groups excluding carboxylic acids is 1. The van der Waals surface area contributed by atoms with Crippen LogP contribution in [0.25, 0.3) is 0 Å². The van der Waals surface area contributed by atoms with Crippen LogP contribution in [0.15, 0.2) is 0 Å². The molecule has 1 heterocycles. The molecule has 1 aliphatic rings. The van der Waals surface area contributed by atoms with Gasteiger partial charge < -0.3 is 4.74 Å². The van der Waals surface area contributed by atoms with Gasteiger partial charge in [0.25, 0.3) is 0 Å². The highest BCUT2D eigenvalue weighted by atomic mass is 35.5. The third-order valence-electron chi connectivity index (χ3n) is 3.02. The molecule has 1 aliphatic heterocycles. The second-order valence-corrected chi connectivity index (χ2v) is 7.36. The van der Waals surface area contributed by atoms with Gasteiger partial charge in [-0.15, -0.1) is 11.6 Å². The molecule has 0 aromatic heterocycles. The molecule has 0 radical (unpaired) electrons. The molecule has 2 nitrogen and oxygen atoms in total. The Labute approximate surface area is 107 Å². The number of rotatable bonds is 1. The van der Waals surface area contributed by atoms with E-state index in [1.165, 1.54) is 6.92 Å². The van der Waals surface area contributed by atoms with Gasteiger partial charge in [-0.05, 0) is 11.2 Å². The highest BCUT2D eigenvalue weighted by Gasteiger charge is 2.46. The first-order chi connectivity index (χ1) is 7.17. The molecule has 0 bridgehead atoms. The lowest BCUT2D eigenvalue weighted by molar-refractivity contribution is -0.153. The van der Waals surface area contributed by atoms with E-state index < -0.39 is 0 Å². The molecule has 0 aromatic rings. The van der Waals surface area contributed by atoms with Gasteiger partial charge in [0.15, 0.2) is 0 Å². The maximum atomic E-state index is 11.2. The molecule has 0 unspecified atom stereocenters. The van der Waals surface area contributed by atoms with Crippen LogP contribution in [0.4, 0.5) is 0 Å². The van der Waals surface area contributed by atoms with Crippen molar-refractivity contribution in [3.05, 3.63) is 0 Å². The number of carbonyl (C=O) groups is 1. The Hall–Kier alpha value is 0.110. The zero-order valence-corrected chi connectivity index (χ0v) is 12.2. The van der Waals surface area contributed by atoms with Gasteiger partial charge in [0.2, 0.25) is 0 Å². The van der Waals surface area contributed by atoms with E-state index in [9.17, 15) is 4.79 Å². The van der Waals surface area contributed by atoms with E-state index in [1.807, 2.05) is 11.8 Å². The minimum absolute atomic E-state index is 0.0138. The van der Waals surface area contributed by atoms with E-state index in [0.717, 1.165) is 11.5 Å². The molecule has 94 valence electrons. The lowest BCUT2D eigenvalue weighted by Crippen LogP contribution is -2.46. The fourth-order valence-electron chi connectivity index (χ4n) is 1.94. The van der Waals surface area contributed by atoms with Gasteiger partial charge in [-0.2, -0.15) is 11.8 Å². The summed E-state index contributed by atoms with van der Waals surface area (Å²) < 4.78 is 5.45. The Morgan fingerprint density at radius 1 is 1.25 bits per heavy atom. The molecule has 1 rings (SSSR count). The summed E-state index contributed by atoms with van der Waals surface area (Å²) in [5, 5.41) is -0.138. The molecule has 2 atom stereocenters. The Morgan fingerprint density at radius 3 is 2.25 bits per heavy atom. The van der Waals surface area contributed by atoms with E-state index in [1.54, 1.807) is 0 Å². The van der Waals surface area contributed by atoms with Gasteiger partial charge in [0.05, 0.1) is 5.38 Å². The van der Waals surface area contributed by atoms with Crippen LogP contribution >= 0.6 is 23.4 Å². The lowest BCUT2D eigenvalue weighted by atomic mass is 9.78. The van der Waals surface area contributed by atoms with Crippen LogP contribution in [0.3, 0.4) is 0 Å². The third kappa shape index (κ3) is 3.07. The zero-order chi connectivity index (χ0) is 12.6. The molecule has 0 spiro atoms. The standard InChI is InChI=1S/C12H21ClO2S/c1-8(14)15-10-9(13)11(2,3)6-16-7-12(10,4)5/h9-10H,6-7H2,1-5H3/t9-,10-/m1/s1. The summed E-state index contributed by atoms with van der Waals surface area (Å²) in [6.45, 7) is 9.95. The molecule has 1 saturated heterocycles. The van der Waals surface area contributed by atoms with Crippen molar-refractivity contribution in [2.75, 3.05) is 11.5 Å². The highest BCUT2D eigenvalue weighted by Crippen LogP contribution is 2.44. The van der Waals surface area contributed by atoms with Gasteiger partial charge in [-0.3, -0.25) is 4.79 Å². The Morgan fingerprint density at radius 2 is 1.75 bits per heavy atom. The van der Waals surface area contributed by atoms with Crippen LogP contribution < -0.4 is 0 Å². The second-order valence-electron chi connectivity index (χ2n) is 5.90. The fraction of sp³-hybridized carbons (Fsp3) is 0.917. The normalized spacial score (nSPS) is 32.9. The predicted octanol–water partition coefficient (Wildman–Crippen LogP) is 3.32. The number of thioether (sulfide) groups is 1. The summed E-state index contributed by atoms with van der Waals surface area (Å²) in [5.74, 6) is 1.73. The quantitative estimate of drug-likeness (QED) is 0.537. The molecule has 4 heteroatoms. The minimum Gasteiger partial charge on any atom is -0.460 e. The number of halogens is 1. The monoisotopic (exact) mass is 264 g/mol. The fourth-order valence-corrected chi connectivity index (χ4v) is 4.00. The van der Waals surface area contributed by atoms with E-state index in [4.69, 9.17) is 16.3 Å². The van der Waals surface area contributed by atoms with Crippen molar-refractivity contribution in [3.8, 4) is 0 Å². The van der Waals surface area contributed by atoms with Gasteiger partial charge in [0.1, 0.15) is 6.10 Å². The summed E-state index contributed by atoms with van der Waals surface area (Å²) >= 11 is 8.41. The number of esters is 1. The SMILES string of the molecule is CC(=O)O[C@@H]1[C@@H](Cl)C(C)(C)CSCC1(C)C. The summed E-state index contributed by atoms with van der Waals surface area (Å²) in [5.41, 5.74) is -0.0867. The van der Waals surface area contributed by atoms with Crippen molar-refractivity contribution < 1.29 is 9.53 Å². The van der Waals surface area contributed by atoms with Crippen LogP contribution in [-0.4, -0.2) is 29.0 Å². The first-order valence-electron chi connectivity index (χ1n) is 5.56. The topological polar surface area (TPSA) is 26.3 Å². The van der Waals surface area contributed by atoms with Crippen molar-refractivity contribution >= 4 is 29.3 Å². The molecule has 0 amide bonds. The van der Waals surface area contributed by atoms with Gasteiger partial charge in [-0.25, -0.2) is 0 Å². The molecule has 1 fully saturated rings. The average molecular weight is 265 g/mol. The number of ether oxygens (including phenoxy) is 1. The Bertz CT molecular complexity index is 276. The number of hydrogen-bond donors (Lipinski definition) is 0. The van der Waals surface area contributed by atoms with E-state index in [2.05, 4.69) is 27.7 Å². The third-order valence-corrected chi connectivity index (χ3v) is 5.74. The maximum absolute atomic E-state index is 11.2. The zero-order valence-electron chi connectivity index (χ0n) is 10.7. The van der Waals surface area contributed by atoms with Crippen LogP contribution in [0.2, 0.25) is 0 Å². The Kier molecular flexibility index (Phi) is 4.23. The molecular weight excluding hydrogens is 244 g/mol. The second kappa shape index (κ2) is 4.77. The van der Waals surface area contributed by atoms with Crippen molar-refractivity contribution in [1.29, 1.82) is 0 Å². The van der Waals surface area contributed by atoms with Crippen molar-refractivity contribution in [2.24, 2.45) is 10.8 Å². The van der Waals surface area contributed by atoms with Gasteiger partial charge >= 0.3 is 5.97 Å². The average Bonchev–Trinajstić information content (AvgIpc) is 2.16. The number of hydrogen-bond acceptors (Lipinski definition) is 3. The summed E-state index contributed by atoms with van der Waals surface area (Å²) in [6, 6.07) is 0. The summed E-state index contributed by atoms with van der Waals surface area (Å²) in [7, 11) is 0. The maximum Gasteiger partial charge on any atom is 0.302 e. The van der Waals surface area contributed by atoms with E-state index in [-0.39, 0.29) is 28.3 Å². The molecular formula is C12H21ClO2S. The molecule has 0 N–H and O–H groups in total. The van der Waals surface area contributed by atoms with Crippen molar-refractivity contribution in [2.45, 2.75) is 46.1 Å². The molecule has 0 saturated carbocycles. The lowest BCUT2D eigenvalue weighted by Gasteiger charge is -2.38. The smallest absolute Gasteiger partial charge is 0.302 e. The molecule has 0 aromatic carbocycles. The van der Waals surface area contributed by atoms with Crippen molar-refractivity contribution in [1.82, 2.24) is 0 Å². The largest absolute Gasteiger partial charge is 0.460 e.